The third kappa shape index (κ3) is 2.27. The Kier molecular flexibility index (Phi) is 3.57. The first-order chi connectivity index (χ1) is 6.79. The normalized spacial score (nSPS) is 10.7. The fraction of sp³-hybridized carbons (Fsp3) is 0.200. The van der Waals surface area contributed by atoms with Crippen molar-refractivity contribution in [3.05, 3.63) is 40.3 Å². The summed E-state index contributed by atoms with van der Waals surface area (Å²) in [6, 6.07) is 6.81. The molecule has 0 amide bonds. The van der Waals surface area contributed by atoms with Gasteiger partial charge in [0.15, 0.2) is 0 Å². The predicted molar refractivity (Wildman–Crippen MR) is 53.7 cm³/mol. The molecule has 0 aliphatic heterocycles. The van der Waals surface area contributed by atoms with Crippen molar-refractivity contribution in [2.75, 3.05) is 0 Å². The summed E-state index contributed by atoms with van der Waals surface area (Å²) in [5.41, 5.74) is 9.23. The van der Waals surface area contributed by atoms with Gasteiger partial charge in [-0.1, -0.05) is 35.3 Å². The van der Waals surface area contributed by atoms with Crippen LogP contribution in [-0.4, -0.2) is 5.11 Å². The third-order valence-electron chi connectivity index (χ3n) is 1.66. The number of rotatable bonds is 2. The Bertz CT molecular complexity index is 424. The monoisotopic (exact) mass is 187 g/mol. The van der Waals surface area contributed by atoms with Gasteiger partial charge < -0.3 is 5.11 Å². The Morgan fingerprint density at radius 3 is 2.86 bits per heavy atom. The Balaban J connectivity index is 3.16. The molecular formula is C10H9N3O. The number of aliphatic hydroxyl groups excluding tert-OH is 1. The third-order valence-corrected chi connectivity index (χ3v) is 1.66. The van der Waals surface area contributed by atoms with Gasteiger partial charge >= 0.3 is 0 Å². The van der Waals surface area contributed by atoms with Gasteiger partial charge in [-0.05, 0) is 12.5 Å². The molecule has 0 fully saturated rings. The van der Waals surface area contributed by atoms with E-state index in [0.717, 1.165) is 0 Å². The first kappa shape index (κ1) is 10.1. The molecule has 0 saturated carbocycles. The molecule has 70 valence electrons. The molecule has 1 aromatic carbocycles. The maximum Gasteiger partial charge on any atom is 0.140 e. The van der Waals surface area contributed by atoms with Gasteiger partial charge in [-0.25, -0.2) is 0 Å². The lowest BCUT2D eigenvalue weighted by molar-refractivity contribution is 0.239. The van der Waals surface area contributed by atoms with E-state index in [1.165, 1.54) is 0 Å². The van der Waals surface area contributed by atoms with E-state index in [4.69, 9.17) is 5.53 Å². The Labute approximate surface area is 81.8 Å². The zero-order valence-corrected chi connectivity index (χ0v) is 7.68. The van der Waals surface area contributed by atoms with Gasteiger partial charge in [-0.2, -0.15) is 0 Å². The Hall–Kier alpha value is -1.95. The molecule has 0 bridgehead atoms. The lowest BCUT2D eigenvalue weighted by Gasteiger charge is -2.06. The van der Waals surface area contributed by atoms with Crippen LogP contribution in [0.3, 0.4) is 0 Å². The Morgan fingerprint density at radius 1 is 1.50 bits per heavy atom. The molecule has 1 atom stereocenters. The molecule has 14 heavy (non-hydrogen) atoms. The number of hydrogen-bond acceptors (Lipinski definition) is 2. The van der Waals surface area contributed by atoms with Crippen LogP contribution in [0.1, 0.15) is 18.6 Å². The van der Waals surface area contributed by atoms with Crippen molar-refractivity contribution < 1.29 is 5.11 Å². The average Bonchev–Trinajstić information content (AvgIpc) is 2.19. The van der Waals surface area contributed by atoms with Crippen LogP contribution < -0.4 is 0 Å². The summed E-state index contributed by atoms with van der Waals surface area (Å²) in [6.07, 6.45) is -0.901. The summed E-state index contributed by atoms with van der Waals surface area (Å²) < 4.78 is 0. The van der Waals surface area contributed by atoms with Gasteiger partial charge in [0.25, 0.3) is 0 Å². The highest BCUT2D eigenvalue weighted by atomic mass is 16.3. The molecule has 0 radical (unpaired) electrons. The number of aliphatic hydroxyl groups is 1. The average molecular weight is 187 g/mol. The van der Waals surface area contributed by atoms with Crippen LogP contribution in [0.25, 0.3) is 10.4 Å². The summed E-state index contributed by atoms with van der Waals surface area (Å²) in [5.74, 6) is 5.18. The van der Waals surface area contributed by atoms with Crippen LogP contribution in [0.5, 0.6) is 0 Å². The first-order valence-electron chi connectivity index (χ1n) is 4.04. The van der Waals surface area contributed by atoms with Crippen LogP contribution in [0, 0.1) is 11.8 Å². The highest BCUT2D eigenvalue weighted by Gasteiger charge is 2.07. The quantitative estimate of drug-likeness (QED) is 0.329. The first-order valence-corrected chi connectivity index (χ1v) is 4.04. The van der Waals surface area contributed by atoms with E-state index in [-0.39, 0.29) is 0 Å². The molecule has 1 unspecified atom stereocenters. The molecule has 0 aromatic heterocycles. The molecule has 1 rings (SSSR count). The number of hydrogen-bond donors (Lipinski definition) is 1. The zero-order valence-electron chi connectivity index (χ0n) is 7.68. The topological polar surface area (TPSA) is 69.0 Å². The fourth-order valence-corrected chi connectivity index (χ4v) is 1.07. The molecule has 0 saturated heterocycles. The van der Waals surface area contributed by atoms with Crippen LogP contribution in [0.2, 0.25) is 0 Å². The van der Waals surface area contributed by atoms with Crippen LogP contribution in [-0.2, 0) is 0 Å². The lowest BCUT2D eigenvalue weighted by atomic mass is 10.1. The van der Waals surface area contributed by atoms with Crippen LogP contribution >= 0.6 is 0 Å². The van der Waals surface area contributed by atoms with Crippen molar-refractivity contribution in [2.45, 2.75) is 13.0 Å². The summed E-state index contributed by atoms with van der Waals surface area (Å²) in [6.45, 7) is 1.64. The molecule has 1 aromatic rings. The van der Waals surface area contributed by atoms with Crippen molar-refractivity contribution in [3.63, 3.8) is 0 Å². The van der Waals surface area contributed by atoms with E-state index in [9.17, 15) is 5.11 Å². The van der Waals surface area contributed by atoms with Crippen molar-refractivity contribution in [1.82, 2.24) is 0 Å². The van der Waals surface area contributed by atoms with Gasteiger partial charge in [0.1, 0.15) is 6.10 Å². The molecular weight excluding hydrogens is 178 g/mol. The number of nitrogens with zero attached hydrogens (tertiary/aromatic N) is 3. The molecule has 0 aliphatic carbocycles. The predicted octanol–water partition coefficient (Wildman–Crippen LogP) is 2.69. The second-order valence-corrected chi connectivity index (χ2v) is 2.55. The van der Waals surface area contributed by atoms with E-state index in [1.807, 2.05) is 0 Å². The number of benzene rings is 1. The Morgan fingerprint density at radius 2 is 2.21 bits per heavy atom. The van der Waals surface area contributed by atoms with Gasteiger partial charge in [0.05, 0.1) is 0 Å². The van der Waals surface area contributed by atoms with Gasteiger partial charge in [0.2, 0.25) is 0 Å². The zero-order chi connectivity index (χ0) is 10.4. The summed E-state index contributed by atoms with van der Waals surface area (Å²) >= 11 is 0. The largest absolute Gasteiger partial charge is 0.376 e. The number of azide groups is 1. The second kappa shape index (κ2) is 4.93. The van der Waals surface area contributed by atoms with E-state index in [0.29, 0.717) is 11.3 Å². The van der Waals surface area contributed by atoms with Crippen molar-refractivity contribution in [2.24, 2.45) is 5.11 Å². The molecule has 0 spiro atoms. The highest BCUT2D eigenvalue weighted by molar-refractivity contribution is 5.48. The SMILES string of the molecule is CC#CC(O)c1ccccc1N=[N+]=[N-]. The van der Waals surface area contributed by atoms with Crippen molar-refractivity contribution in [1.29, 1.82) is 0 Å². The molecule has 4 heteroatoms. The minimum Gasteiger partial charge on any atom is -0.376 e. The van der Waals surface area contributed by atoms with E-state index < -0.39 is 6.10 Å². The second-order valence-electron chi connectivity index (χ2n) is 2.55. The highest BCUT2D eigenvalue weighted by Crippen LogP contribution is 2.24. The van der Waals surface area contributed by atoms with E-state index in [2.05, 4.69) is 21.9 Å². The van der Waals surface area contributed by atoms with Gasteiger partial charge in [-0.3, -0.25) is 0 Å². The molecule has 0 heterocycles. The minimum atomic E-state index is -0.901. The maximum atomic E-state index is 9.57. The fourth-order valence-electron chi connectivity index (χ4n) is 1.07. The summed E-state index contributed by atoms with van der Waals surface area (Å²) in [5, 5.41) is 13.0. The van der Waals surface area contributed by atoms with E-state index in [1.54, 1.807) is 31.2 Å². The summed E-state index contributed by atoms with van der Waals surface area (Å²) in [4.78, 5) is 2.67. The maximum absolute atomic E-state index is 9.57. The minimum absolute atomic E-state index is 0.408. The van der Waals surface area contributed by atoms with Crippen LogP contribution in [0.4, 0.5) is 5.69 Å². The molecule has 1 N–H and O–H groups in total. The van der Waals surface area contributed by atoms with Gasteiger partial charge in [-0.15, -0.1) is 5.92 Å². The summed E-state index contributed by atoms with van der Waals surface area (Å²) in [7, 11) is 0. The van der Waals surface area contributed by atoms with Crippen molar-refractivity contribution in [3.8, 4) is 11.8 Å². The molecule has 4 nitrogen and oxygen atoms in total. The van der Waals surface area contributed by atoms with Crippen molar-refractivity contribution >= 4 is 5.69 Å². The van der Waals surface area contributed by atoms with Gasteiger partial charge in [0, 0.05) is 16.2 Å². The van der Waals surface area contributed by atoms with Crippen LogP contribution in [0.15, 0.2) is 29.4 Å². The standard InChI is InChI=1S/C10H9N3O/c1-2-5-10(14)8-6-3-4-7-9(8)12-13-11/h3-4,6-7,10,14H,1H3. The lowest BCUT2D eigenvalue weighted by Crippen LogP contribution is -1.93. The molecule has 0 aliphatic rings. The van der Waals surface area contributed by atoms with E-state index >= 15 is 0 Å². The smallest absolute Gasteiger partial charge is 0.140 e.